The lowest BCUT2D eigenvalue weighted by Crippen LogP contribution is -2.19. The molecule has 0 radical (unpaired) electrons. The van der Waals surface area contributed by atoms with Crippen LogP contribution in [0.2, 0.25) is 0 Å². The third-order valence-electron chi connectivity index (χ3n) is 2.56. The molecule has 3 N–H and O–H groups in total. The van der Waals surface area contributed by atoms with E-state index in [2.05, 4.69) is 16.8 Å². The number of anilines is 1. The van der Waals surface area contributed by atoms with E-state index in [1.54, 1.807) is 18.4 Å². The summed E-state index contributed by atoms with van der Waals surface area (Å²) in [6.07, 6.45) is 0. The Labute approximate surface area is 105 Å². The first-order chi connectivity index (χ1) is 8.35. The van der Waals surface area contributed by atoms with Gasteiger partial charge in [0, 0.05) is 11.4 Å². The minimum absolute atomic E-state index is 0.131. The van der Waals surface area contributed by atoms with Crippen molar-refractivity contribution >= 4 is 17.0 Å². The lowest BCUT2D eigenvalue weighted by atomic mass is 10.2. The monoisotopic (exact) mass is 248 g/mol. The molecule has 1 unspecified atom stereocenters. The van der Waals surface area contributed by atoms with Crippen molar-refractivity contribution < 1.29 is 4.74 Å². The predicted octanol–water partition coefficient (Wildman–Crippen LogP) is 2.87. The van der Waals surface area contributed by atoms with E-state index in [1.165, 1.54) is 4.88 Å². The van der Waals surface area contributed by atoms with Crippen molar-refractivity contribution in [3.63, 3.8) is 0 Å². The van der Waals surface area contributed by atoms with Gasteiger partial charge in [0.25, 0.3) is 0 Å². The normalized spacial score (nSPS) is 12.1. The molecule has 0 aliphatic heterocycles. The van der Waals surface area contributed by atoms with Crippen LogP contribution in [-0.2, 0) is 0 Å². The minimum Gasteiger partial charge on any atom is -0.495 e. The summed E-state index contributed by atoms with van der Waals surface area (Å²) in [6, 6.07) is 12.1. The van der Waals surface area contributed by atoms with E-state index in [1.807, 2.05) is 30.3 Å². The van der Waals surface area contributed by atoms with Crippen LogP contribution >= 0.6 is 11.3 Å². The number of ether oxygens (including phenoxy) is 1. The highest BCUT2D eigenvalue weighted by Gasteiger charge is 2.12. The molecule has 0 aliphatic rings. The van der Waals surface area contributed by atoms with Crippen LogP contribution in [0.25, 0.3) is 0 Å². The first-order valence-corrected chi connectivity index (χ1v) is 6.36. The van der Waals surface area contributed by atoms with Gasteiger partial charge in [0.05, 0.1) is 18.8 Å². The summed E-state index contributed by atoms with van der Waals surface area (Å²) in [5, 5.41) is 5.47. The zero-order valence-corrected chi connectivity index (χ0v) is 10.5. The maximum absolute atomic E-state index is 5.81. The highest BCUT2D eigenvalue weighted by molar-refractivity contribution is 7.10. The molecule has 4 heteroatoms. The second-order valence-corrected chi connectivity index (χ2v) is 4.63. The van der Waals surface area contributed by atoms with Crippen LogP contribution < -0.4 is 15.8 Å². The van der Waals surface area contributed by atoms with Crippen molar-refractivity contribution in [3.8, 4) is 5.75 Å². The zero-order chi connectivity index (χ0) is 12.1. The van der Waals surface area contributed by atoms with Crippen molar-refractivity contribution in [1.29, 1.82) is 0 Å². The van der Waals surface area contributed by atoms with Gasteiger partial charge in [-0.1, -0.05) is 18.2 Å². The fourth-order valence-corrected chi connectivity index (χ4v) is 2.48. The Kier molecular flexibility index (Phi) is 4.01. The Morgan fingerprint density at radius 1 is 1.29 bits per heavy atom. The maximum atomic E-state index is 5.81. The highest BCUT2D eigenvalue weighted by atomic mass is 32.1. The summed E-state index contributed by atoms with van der Waals surface area (Å²) in [5.74, 6) is 0.836. The topological polar surface area (TPSA) is 47.3 Å². The standard InChI is InChI=1S/C13H16N2OS/c1-16-12-6-3-2-5-10(12)15-11(9-14)13-7-4-8-17-13/h2-8,11,15H,9,14H2,1H3. The number of para-hydroxylation sites is 2. The molecule has 1 heterocycles. The van der Waals surface area contributed by atoms with E-state index < -0.39 is 0 Å². The van der Waals surface area contributed by atoms with Crippen LogP contribution in [0.15, 0.2) is 41.8 Å². The quantitative estimate of drug-likeness (QED) is 0.855. The summed E-state index contributed by atoms with van der Waals surface area (Å²) in [7, 11) is 1.67. The summed E-state index contributed by atoms with van der Waals surface area (Å²) in [4.78, 5) is 1.23. The third kappa shape index (κ3) is 2.78. The Bertz CT molecular complexity index is 456. The Morgan fingerprint density at radius 3 is 2.76 bits per heavy atom. The van der Waals surface area contributed by atoms with Crippen molar-refractivity contribution in [3.05, 3.63) is 46.7 Å². The second kappa shape index (κ2) is 5.70. The Morgan fingerprint density at radius 2 is 2.12 bits per heavy atom. The number of methoxy groups -OCH3 is 1. The fraction of sp³-hybridized carbons (Fsp3) is 0.231. The minimum atomic E-state index is 0.131. The van der Waals surface area contributed by atoms with Gasteiger partial charge in [-0.3, -0.25) is 0 Å². The lowest BCUT2D eigenvalue weighted by molar-refractivity contribution is 0.416. The molecular weight excluding hydrogens is 232 g/mol. The first kappa shape index (κ1) is 12.0. The third-order valence-corrected chi connectivity index (χ3v) is 3.55. The molecule has 1 aromatic carbocycles. The SMILES string of the molecule is COc1ccccc1NC(CN)c1cccs1. The molecule has 90 valence electrons. The largest absolute Gasteiger partial charge is 0.495 e. The lowest BCUT2D eigenvalue weighted by Gasteiger charge is -2.18. The van der Waals surface area contributed by atoms with Crippen LogP contribution in [0.5, 0.6) is 5.75 Å². The molecule has 0 amide bonds. The molecule has 1 aromatic heterocycles. The number of hydrogen-bond donors (Lipinski definition) is 2. The Balaban J connectivity index is 2.18. The fourth-order valence-electron chi connectivity index (χ4n) is 1.69. The molecule has 2 aromatic rings. The van der Waals surface area contributed by atoms with Crippen LogP contribution in [0, 0.1) is 0 Å². The molecule has 0 spiro atoms. The van der Waals surface area contributed by atoms with E-state index in [-0.39, 0.29) is 6.04 Å². The Hall–Kier alpha value is -1.52. The average molecular weight is 248 g/mol. The molecule has 0 aliphatic carbocycles. The smallest absolute Gasteiger partial charge is 0.141 e. The molecule has 0 saturated carbocycles. The van der Waals surface area contributed by atoms with Crippen LogP contribution in [-0.4, -0.2) is 13.7 Å². The van der Waals surface area contributed by atoms with Crippen molar-refractivity contribution in [2.45, 2.75) is 6.04 Å². The van der Waals surface area contributed by atoms with Gasteiger partial charge in [0.2, 0.25) is 0 Å². The molecule has 0 saturated heterocycles. The molecule has 17 heavy (non-hydrogen) atoms. The molecular formula is C13H16N2OS. The van der Waals surface area contributed by atoms with Crippen LogP contribution in [0.1, 0.15) is 10.9 Å². The number of nitrogens with one attached hydrogen (secondary N) is 1. The first-order valence-electron chi connectivity index (χ1n) is 5.48. The van der Waals surface area contributed by atoms with Crippen molar-refractivity contribution in [1.82, 2.24) is 0 Å². The van der Waals surface area contributed by atoms with E-state index in [0.717, 1.165) is 11.4 Å². The van der Waals surface area contributed by atoms with Gasteiger partial charge < -0.3 is 15.8 Å². The van der Waals surface area contributed by atoms with E-state index in [0.29, 0.717) is 6.54 Å². The zero-order valence-electron chi connectivity index (χ0n) is 9.72. The van der Waals surface area contributed by atoms with Gasteiger partial charge in [0.15, 0.2) is 0 Å². The number of benzene rings is 1. The van der Waals surface area contributed by atoms with Gasteiger partial charge in [-0.25, -0.2) is 0 Å². The van der Waals surface area contributed by atoms with Gasteiger partial charge in [-0.05, 0) is 23.6 Å². The van der Waals surface area contributed by atoms with E-state index in [9.17, 15) is 0 Å². The predicted molar refractivity (Wildman–Crippen MR) is 72.7 cm³/mol. The number of thiophene rings is 1. The van der Waals surface area contributed by atoms with Gasteiger partial charge >= 0.3 is 0 Å². The molecule has 3 nitrogen and oxygen atoms in total. The van der Waals surface area contributed by atoms with Crippen molar-refractivity contribution in [2.24, 2.45) is 5.73 Å². The average Bonchev–Trinajstić information content (AvgIpc) is 2.90. The maximum Gasteiger partial charge on any atom is 0.141 e. The summed E-state index contributed by atoms with van der Waals surface area (Å²) >= 11 is 1.70. The van der Waals surface area contributed by atoms with E-state index >= 15 is 0 Å². The molecule has 1 atom stereocenters. The second-order valence-electron chi connectivity index (χ2n) is 3.65. The molecule has 0 fully saturated rings. The molecule has 0 bridgehead atoms. The van der Waals surface area contributed by atoms with Crippen LogP contribution in [0.3, 0.4) is 0 Å². The van der Waals surface area contributed by atoms with Crippen molar-refractivity contribution in [2.75, 3.05) is 19.0 Å². The van der Waals surface area contributed by atoms with E-state index in [4.69, 9.17) is 10.5 Å². The number of hydrogen-bond acceptors (Lipinski definition) is 4. The highest BCUT2D eigenvalue weighted by Crippen LogP contribution is 2.28. The van der Waals surface area contributed by atoms with Gasteiger partial charge in [0.1, 0.15) is 5.75 Å². The number of nitrogens with two attached hydrogens (primary N) is 1. The summed E-state index contributed by atoms with van der Waals surface area (Å²) in [5.41, 5.74) is 6.78. The van der Waals surface area contributed by atoms with Gasteiger partial charge in [-0.15, -0.1) is 11.3 Å². The summed E-state index contributed by atoms with van der Waals surface area (Å²) in [6.45, 7) is 0.554. The summed E-state index contributed by atoms with van der Waals surface area (Å²) < 4.78 is 5.31. The van der Waals surface area contributed by atoms with Crippen LogP contribution in [0.4, 0.5) is 5.69 Å². The molecule has 2 rings (SSSR count). The number of rotatable bonds is 5. The van der Waals surface area contributed by atoms with Gasteiger partial charge in [-0.2, -0.15) is 0 Å².